The fourth-order valence-corrected chi connectivity index (χ4v) is 5.39. The molecule has 1 aliphatic rings. The van der Waals surface area contributed by atoms with Crippen LogP contribution in [0.1, 0.15) is 88.4 Å². The van der Waals surface area contributed by atoms with Crippen molar-refractivity contribution in [2.45, 2.75) is 91.6 Å². The Labute approximate surface area is 257 Å². The third-order valence-corrected chi connectivity index (χ3v) is 7.83. The van der Waals surface area contributed by atoms with E-state index in [2.05, 4.69) is 47.4 Å². The number of benzene rings is 2. The summed E-state index contributed by atoms with van der Waals surface area (Å²) in [5.41, 5.74) is 4.47. The number of aryl methyl sites for hydroxylation is 2. The van der Waals surface area contributed by atoms with Crippen LogP contribution in [0.25, 0.3) is 0 Å². The highest BCUT2D eigenvalue weighted by molar-refractivity contribution is 7.89. The Bertz CT molecular complexity index is 1390. The van der Waals surface area contributed by atoms with E-state index in [9.17, 15) is 22.0 Å². The fourth-order valence-electron chi connectivity index (χ4n) is 3.93. The van der Waals surface area contributed by atoms with E-state index in [1.807, 2.05) is 13.8 Å². The average Bonchev–Trinajstić information content (AvgIpc) is 3.09. The van der Waals surface area contributed by atoms with Gasteiger partial charge in [0, 0.05) is 30.3 Å². The molecule has 9 heteroatoms. The molecule has 0 saturated heterocycles. The zero-order valence-electron chi connectivity index (χ0n) is 26.9. The predicted octanol–water partition coefficient (Wildman–Crippen LogP) is 7.61. The molecule has 3 N–H and O–H groups in total. The van der Waals surface area contributed by atoms with Crippen LogP contribution in [0, 0.1) is 6.92 Å². The summed E-state index contributed by atoms with van der Waals surface area (Å²) in [6.07, 6.45) is 5.88. The number of halogens is 2. The predicted molar refractivity (Wildman–Crippen MR) is 174 cm³/mol. The molecule has 1 amide bonds. The second-order valence-electron chi connectivity index (χ2n) is 11.1. The highest BCUT2D eigenvalue weighted by Gasteiger charge is 2.22. The Hall–Kier alpha value is -3.14. The number of amides is 1. The van der Waals surface area contributed by atoms with E-state index in [0.717, 1.165) is 37.6 Å². The third-order valence-electron chi connectivity index (χ3n) is 6.08. The van der Waals surface area contributed by atoms with Crippen molar-refractivity contribution in [3.63, 3.8) is 0 Å². The van der Waals surface area contributed by atoms with Crippen molar-refractivity contribution in [3.8, 4) is 0 Å². The van der Waals surface area contributed by atoms with Gasteiger partial charge in [0.2, 0.25) is 10.0 Å². The number of hydrogen-bond donors (Lipinski definition) is 3. The number of sulfonamides is 1. The number of carbonyl (C=O) groups excluding carboxylic acids is 1. The van der Waals surface area contributed by atoms with Gasteiger partial charge in [-0.1, -0.05) is 50.6 Å². The largest absolute Gasteiger partial charge is 0.352 e. The molecule has 0 heterocycles. The molecule has 3 rings (SSSR count). The van der Waals surface area contributed by atoms with Crippen LogP contribution in [-0.4, -0.2) is 33.0 Å². The van der Waals surface area contributed by atoms with Gasteiger partial charge in [-0.25, -0.2) is 21.9 Å². The third kappa shape index (κ3) is 14.7. The van der Waals surface area contributed by atoms with Crippen molar-refractivity contribution in [2.75, 3.05) is 13.1 Å². The molecule has 0 aromatic heterocycles. The lowest BCUT2D eigenvalue weighted by molar-refractivity contribution is 0.0953. The second kappa shape index (κ2) is 18.5. The Kier molecular flexibility index (Phi) is 16.3. The molecule has 2 aromatic rings. The van der Waals surface area contributed by atoms with Gasteiger partial charge >= 0.3 is 0 Å². The van der Waals surface area contributed by atoms with Crippen LogP contribution in [0.4, 0.5) is 8.78 Å². The number of carbonyl (C=O) groups is 1. The summed E-state index contributed by atoms with van der Waals surface area (Å²) in [7, 11) is -3.68. The standard InChI is InChI=1S/C24H35N3O3S.C8H8F2.C2H6/c1-6-19-12-11-18(2)21(15-19)17-25-13-8-14-26-23(28)20-9-7-10-22(16-20)31(29,30)27-24(3,4)5;1-6-2-3-7(9)5-8(10)4-6;1-2/h7,9-12,15-16,25,27H,6,8,13-14,17H2,1-5H3,(H,26,28);3-5H,2H2,1H3;1-2H3. The van der Waals surface area contributed by atoms with Crippen LogP contribution in [0.15, 0.2) is 82.8 Å². The summed E-state index contributed by atoms with van der Waals surface area (Å²) in [5, 5.41) is 6.28. The number of allylic oxidation sites excluding steroid dienone is 6. The van der Waals surface area contributed by atoms with Gasteiger partial charge < -0.3 is 10.6 Å². The number of nitrogens with one attached hydrogen (secondary N) is 3. The Balaban J connectivity index is 0.000000644. The Morgan fingerprint density at radius 2 is 1.65 bits per heavy atom. The van der Waals surface area contributed by atoms with E-state index >= 15 is 0 Å². The molecule has 0 unspecified atom stereocenters. The van der Waals surface area contributed by atoms with Gasteiger partial charge in [0.05, 0.1) is 4.90 Å². The first-order valence-corrected chi connectivity index (χ1v) is 16.3. The maximum Gasteiger partial charge on any atom is 0.251 e. The number of hydrogen-bond acceptors (Lipinski definition) is 4. The van der Waals surface area contributed by atoms with E-state index in [0.29, 0.717) is 18.5 Å². The summed E-state index contributed by atoms with van der Waals surface area (Å²) >= 11 is 0. The van der Waals surface area contributed by atoms with E-state index in [4.69, 9.17) is 0 Å². The molecule has 0 aliphatic heterocycles. The summed E-state index contributed by atoms with van der Waals surface area (Å²) in [5.74, 6) is -1.28. The summed E-state index contributed by atoms with van der Waals surface area (Å²) in [6, 6.07) is 12.7. The minimum absolute atomic E-state index is 0.0846. The first kappa shape index (κ1) is 37.9. The SMILES string of the molecule is CC.CC1=CC(F)=CC(F)=CC1.CCc1ccc(C)c(CNCCCNC(=O)c2cccc(S(=O)(=O)NC(C)(C)C)c2)c1. The molecular weight excluding hydrogens is 568 g/mol. The van der Waals surface area contributed by atoms with E-state index < -0.39 is 27.2 Å². The summed E-state index contributed by atoms with van der Waals surface area (Å²) in [4.78, 5) is 12.5. The molecule has 0 atom stereocenters. The molecular formula is C34H49F2N3O3S. The lowest BCUT2D eigenvalue weighted by atomic mass is 10.0. The average molecular weight is 618 g/mol. The van der Waals surface area contributed by atoms with Crippen LogP contribution >= 0.6 is 0 Å². The second-order valence-corrected chi connectivity index (χ2v) is 12.8. The number of rotatable bonds is 10. The van der Waals surface area contributed by atoms with Crippen molar-refractivity contribution in [1.29, 1.82) is 0 Å². The fraction of sp³-hybridized carbons (Fsp3) is 0.441. The van der Waals surface area contributed by atoms with Crippen LogP contribution < -0.4 is 15.4 Å². The summed E-state index contributed by atoms with van der Waals surface area (Å²) < 4.78 is 52.4. The molecule has 0 spiro atoms. The van der Waals surface area contributed by atoms with Crippen LogP contribution in [0.5, 0.6) is 0 Å². The Morgan fingerprint density at radius 3 is 2.30 bits per heavy atom. The quantitative estimate of drug-likeness (QED) is 0.240. The minimum atomic E-state index is -3.68. The normalized spacial score (nSPS) is 13.2. The topological polar surface area (TPSA) is 87.3 Å². The maximum absolute atomic E-state index is 12.5. The van der Waals surface area contributed by atoms with E-state index in [1.165, 1.54) is 41.0 Å². The zero-order chi connectivity index (χ0) is 32.6. The molecule has 43 heavy (non-hydrogen) atoms. The first-order chi connectivity index (χ1) is 20.2. The lowest BCUT2D eigenvalue weighted by Gasteiger charge is -2.20. The smallest absolute Gasteiger partial charge is 0.251 e. The van der Waals surface area contributed by atoms with Crippen molar-refractivity contribution in [2.24, 2.45) is 0 Å². The van der Waals surface area contributed by atoms with Gasteiger partial charge in [-0.05, 0) is 107 Å². The van der Waals surface area contributed by atoms with E-state index in [1.54, 1.807) is 39.8 Å². The van der Waals surface area contributed by atoms with Crippen LogP contribution in [-0.2, 0) is 23.0 Å². The van der Waals surface area contributed by atoms with Crippen molar-refractivity contribution in [3.05, 3.63) is 100 Å². The van der Waals surface area contributed by atoms with E-state index in [-0.39, 0.29) is 10.8 Å². The zero-order valence-corrected chi connectivity index (χ0v) is 27.7. The van der Waals surface area contributed by atoms with Gasteiger partial charge in [-0.15, -0.1) is 0 Å². The highest BCUT2D eigenvalue weighted by Crippen LogP contribution is 2.17. The van der Waals surface area contributed by atoms with Crippen LogP contribution in [0.2, 0.25) is 0 Å². The van der Waals surface area contributed by atoms with Crippen molar-refractivity contribution < 1.29 is 22.0 Å². The highest BCUT2D eigenvalue weighted by atomic mass is 32.2. The van der Waals surface area contributed by atoms with Gasteiger partial charge in [0.1, 0.15) is 11.7 Å². The lowest BCUT2D eigenvalue weighted by Crippen LogP contribution is -2.40. The van der Waals surface area contributed by atoms with Gasteiger partial charge in [0.25, 0.3) is 5.91 Å². The van der Waals surface area contributed by atoms with Crippen molar-refractivity contribution in [1.82, 2.24) is 15.4 Å². The molecule has 238 valence electrons. The van der Waals surface area contributed by atoms with Gasteiger partial charge in [-0.2, -0.15) is 0 Å². The van der Waals surface area contributed by atoms with Crippen LogP contribution in [0.3, 0.4) is 0 Å². The minimum Gasteiger partial charge on any atom is -0.352 e. The monoisotopic (exact) mass is 617 g/mol. The first-order valence-electron chi connectivity index (χ1n) is 14.8. The Morgan fingerprint density at radius 1 is 0.953 bits per heavy atom. The summed E-state index contributed by atoms with van der Waals surface area (Å²) in [6.45, 7) is 17.4. The molecule has 0 saturated carbocycles. The molecule has 2 aromatic carbocycles. The van der Waals surface area contributed by atoms with Gasteiger partial charge in [-0.3, -0.25) is 4.79 Å². The maximum atomic E-state index is 12.5. The molecule has 0 fully saturated rings. The van der Waals surface area contributed by atoms with Crippen molar-refractivity contribution >= 4 is 15.9 Å². The molecule has 0 bridgehead atoms. The molecule has 6 nitrogen and oxygen atoms in total. The van der Waals surface area contributed by atoms with Gasteiger partial charge in [0.15, 0.2) is 0 Å². The molecule has 1 aliphatic carbocycles. The molecule has 0 radical (unpaired) electrons.